The summed E-state index contributed by atoms with van der Waals surface area (Å²) in [6, 6.07) is 6.99. The molecule has 2 N–H and O–H groups in total. The zero-order valence-electron chi connectivity index (χ0n) is 11.6. The molecule has 2 amide bonds. The molecule has 0 radical (unpaired) electrons. The fourth-order valence-corrected chi connectivity index (χ4v) is 1.82. The Labute approximate surface area is 119 Å². The number of rotatable bonds is 5. The van der Waals surface area contributed by atoms with Crippen LogP contribution in [0, 0.1) is 0 Å². The van der Waals surface area contributed by atoms with E-state index in [0.717, 1.165) is 12.0 Å². The normalized spacial score (nSPS) is 13.7. The van der Waals surface area contributed by atoms with Crippen molar-refractivity contribution in [1.82, 2.24) is 10.2 Å². The molecule has 2 atom stereocenters. The average molecular weight is 285 g/mol. The van der Waals surface area contributed by atoms with Gasteiger partial charge in [0.15, 0.2) is 0 Å². The number of benzene rings is 1. The Morgan fingerprint density at radius 2 is 2.00 bits per heavy atom. The highest BCUT2D eigenvalue weighted by atomic mass is 35.5. The van der Waals surface area contributed by atoms with E-state index in [1.54, 1.807) is 14.0 Å². The van der Waals surface area contributed by atoms with Gasteiger partial charge in [0.05, 0.1) is 18.7 Å². The molecule has 0 bridgehead atoms. The minimum atomic E-state index is -0.206. The quantitative estimate of drug-likeness (QED) is 0.873. The van der Waals surface area contributed by atoms with Gasteiger partial charge < -0.3 is 15.3 Å². The predicted molar refractivity (Wildman–Crippen MR) is 77.3 cm³/mol. The molecule has 0 saturated heterocycles. The highest BCUT2D eigenvalue weighted by Crippen LogP contribution is 2.19. The van der Waals surface area contributed by atoms with Crippen LogP contribution in [0.1, 0.15) is 31.9 Å². The Hall–Kier alpha value is -1.26. The third-order valence-corrected chi connectivity index (χ3v) is 3.48. The van der Waals surface area contributed by atoms with E-state index >= 15 is 0 Å². The number of aliphatic hydroxyl groups is 1. The van der Waals surface area contributed by atoms with E-state index in [9.17, 15) is 4.79 Å². The lowest BCUT2D eigenvalue weighted by atomic mass is 10.1. The SMILES string of the molecule is CCC(NC(=O)N(C)C(C)CO)c1ccc(Cl)cc1. The first-order chi connectivity index (χ1) is 8.99. The summed E-state index contributed by atoms with van der Waals surface area (Å²) in [7, 11) is 1.67. The molecule has 0 heterocycles. The van der Waals surface area contributed by atoms with Crippen molar-refractivity contribution < 1.29 is 9.90 Å². The van der Waals surface area contributed by atoms with Gasteiger partial charge in [-0.15, -0.1) is 0 Å². The monoisotopic (exact) mass is 284 g/mol. The number of nitrogens with zero attached hydrogens (tertiary/aromatic N) is 1. The second-order valence-corrected chi connectivity index (χ2v) is 5.04. The van der Waals surface area contributed by atoms with Crippen LogP contribution in [0.3, 0.4) is 0 Å². The Kier molecular flexibility index (Phi) is 6.12. The van der Waals surface area contributed by atoms with Gasteiger partial charge in [-0.3, -0.25) is 0 Å². The summed E-state index contributed by atoms with van der Waals surface area (Å²) in [5, 5.41) is 12.7. The molecule has 2 unspecified atom stereocenters. The lowest BCUT2D eigenvalue weighted by Gasteiger charge is -2.26. The van der Waals surface area contributed by atoms with Crippen LogP contribution in [-0.4, -0.2) is 35.7 Å². The number of hydrogen-bond donors (Lipinski definition) is 2. The van der Waals surface area contributed by atoms with Crippen LogP contribution in [0.4, 0.5) is 4.79 Å². The first kappa shape index (κ1) is 15.8. The Bertz CT molecular complexity index is 408. The largest absolute Gasteiger partial charge is 0.394 e. The van der Waals surface area contributed by atoms with Crippen LogP contribution in [-0.2, 0) is 0 Å². The van der Waals surface area contributed by atoms with Crippen molar-refractivity contribution in [3.8, 4) is 0 Å². The number of carbonyl (C=O) groups is 1. The number of halogens is 1. The summed E-state index contributed by atoms with van der Waals surface area (Å²) < 4.78 is 0. The minimum Gasteiger partial charge on any atom is -0.394 e. The Morgan fingerprint density at radius 3 is 2.47 bits per heavy atom. The fourth-order valence-electron chi connectivity index (χ4n) is 1.69. The number of nitrogens with one attached hydrogen (secondary N) is 1. The molecule has 0 saturated carbocycles. The van der Waals surface area contributed by atoms with Crippen molar-refractivity contribution in [2.24, 2.45) is 0 Å². The molecule has 19 heavy (non-hydrogen) atoms. The van der Waals surface area contributed by atoms with E-state index in [4.69, 9.17) is 16.7 Å². The number of carbonyl (C=O) groups excluding carboxylic acids is 1. The van der Waals surface area contributed by atoms with Crippen LogP contribution in [0.5, 0.6) is 0 Å². The fraction of sp³-hybridized carbons (Fsp3) is 0.500. The molecule has 4 nitrogen and oxygen atoms in total. The predicted octanol–water partition coefficient (Wildman–Crippen LogP) is 2.81. The highest BCUT2D eigenvalue weighted by molar-refractivity contribution is 6.30. The average Bonchev–Trinajstić information content (AvgIpc) is 2.43. The first-order valence-electron chi connectivity index (χ1n) is 6.39. The van der Waals surface area contributed by atoms with E-state index in [1.807, 2.05) is 31.2 Å². The van der Waals surface area contributed by atoms with Gasteiger partial charge >= 0.3 is 6.03 Å². The van der Waals surface area contributed by atoms with E-state index < -0.39 is 0 Å². The number of likely N-dealkylation sites (N-methyl/N-ethyl adjacent to an activating group) is 1. The Morgan fingerprint density at radius 1 is 1.42 bits per heavy atom. The van der Waals surface area contributed by atoms with Crippen LogP contribution >= 0.6 is 11.6 Å². The van der Waals surface area contributed by atoms with Gasteiger partial charge in [0.1, 0.15) is 0 Å². The summed E-state index contributed by atoms with van der Waals surface area (Å²) >= 11 is 5.85. The summed E-state index contributed by atoms with van der Waals surface area (Å²) in [6.45, 7) is 3.75. The van der Waals surface area contributed by atoms with Gasteiger partial charge in [0.25, 0.3) is 0 Å². The topological polar surface area (TPSA) is 52.6 Å². The van der Waals surface area contributed by atoms with Crippen LogP contribution in [0.2, 0.25) is 5.02 Å². The molecule has 106 valence electrons. The van der Waals surface area contributed by atoms with Gasteiger partial charge in [-0.25, -0.2) is 4.79 Å². The zero-order chi connectivity index (χ0) is 14.4. The van der Waals surface area contributed by atoms with E-state index in [0.29, 0.717) is 5.02 Å². The molecule has 0 aliphatic carbocycles. The molecule has 0 spiro atoms. The van der Waals surface area contributed by atoms with Crippen molar-refractivity contribution in [2.75, 3.05) is 13.7 Å². The lowest BCUT2D eigenvalue weighted by Crippen LogP contribution is -2.44. The van der Waals surface area contributed by atoms with Gasteiger partial charge in [-0.2, -0.15) is 0 Å². The number of hydrogen-bond acceptors (Lipinski definition) is 2. The molecule has 5 heteroatoms. The maximum Gasteiger partial charge on any atom is 0.317 e. The van der Waals surface area contributed by atoms with Crippen LogP contribution < -0.4 is 5.32 Å². The van der Waals surface area contributed by atoms with E-state index in [2.05, 4.69) is 5.32 Å². The third kappa shape index (κ3) is 4.40. The molecule has 1 aromatic rings. The van der Waals surface area contributed by atoms with Crippen LogP contribution in [0.25, 0.3) is 0 Å². The van der Waals surface area contributed by atoms with E-state index in [-0.39, 0.29) is 24.7 Å². The van der Waals surface area contributed by atoms with Crippen molar-refractivity contribution >= 4 is 17.6 Å². The molecule has 0 fully saturated rings. The molecular weight excluding hydrogens is 264 g/mol. The smallest absolute Gasteiger partial charge is 0.317 e. The highest BCUT2D eigenvalue weighted by Gasteiger charge is 2.18. The van der Waals surface area contributed by atoms with Crippen molar-refractivity contribution in [2.45, 2.75) is 32.4 Å². The number of urea groups is 1. The number of aliphatic hydroxyl groups excluding tert-OH is 1. The minimum absolute atomic E-state index is 0.0539. The first-order valence-corrected chi connectivity index (χ1v) is 6.77. The maximum atomic E-state index is 12.0. The summed E-state index contributed by atoms with van der Waals surface area (Å²) in [5.74, 6) is 0. The Balaban J connectivity index is 2.72. The van der Waals surface area contributed by atoms with Gasteiger partial charge in [0, 0.05) is 12.1 Å². The molecular formula is C14H21ClN2O2. The molecule has 1 rings (SSSR count). The standard InChI is InChI=1S/C14H21ClN2O2/c1-4-13(11-5-7-12(15)8-6-11)16-14(19)17(3)10(2)9-18/h5-8,10,13,18H,4,9H2,1-3H3,(H,16,19). The molecule has 1 aromatic carbocycles. The lowest BCUT2D eigenvalue weighted by molar-refractivity contribution is 0.154. The number of amides is 2. The second kappa shape index (κ2) is 7.36. The van der Waals surface area contributed by atoms with Gasteiger partial charge in [0.2, 0.25) is 0 Å². The third-order valence-electron chi connectivity index (χ3n) is 3.22. The van der Waals surface area contributed by atoms with Gasteiger partial charge in [-0.05, 0) is 31.0 Å². The van der Waals surface area contributed by atoms with Crippen molar-refractivity contribution in [3.05, 3.63) is 34.9 Å². The molecule has 0 aliphatic rings. The second-order valence-electron chi connectivity index (χ2n) is 4.60. The molecule has 0 aliphatic heterocycles. The summed E-state index contributed by atoms with van der Waals surface area (Å²) in [4.78, 5) is 13.5. The van der Waals surface area contributed by atoms with Crippen LogP contribution in [0.15, 0.2) is 24.3 Å². The summed E-state index contributed by atoms with van der Waals surface area (Å²) in [6.07, 6.45) is 0.786. The van der Waals surface area contributed by atoms with E-state index in [1.165, 1.54) is 4.90 Å². The maximum absolute atomic E-state index is 12.0. The summed E-state index contributed by atoms with van der Waals surface area (Å²) in [5.41, 5.74) is 1.02. The van der Waals surface area contributed by atoms with Crippen molar-refractivity contribution in [3.63, 3.8) is 0 Å². The van der Waals surface area contributed by atoms with Gasteiger partial charge in [-0.1, -0.05) is 30.7 Å². The molecule has 0 aromatic heterocycles. The zero-order valence-corrected chi connectivity index (χ0v) is 12.3. The van der Waals surface area contributed by atoms with Crippen molar-refractivity contribution in [1.29, 1.82) is 0 Å².